The van der Waals surface area contributed by atoms with Crippen molar-refractivity contribution in [3.63, 3.8) is 0 Å². The van der Waals surface area contributed by atoms with Crippen LogP contribution in [0.3, 0.4) is 0 Å². The summed E-state index contributed by atoms with van der Waals surface area (Å²) < 4.78 is 0. The van der Waals surface area contributed by atoms with Gasteiger partial charge in [0.25, 0.3) is 0 Å². The van der Waals surface area contributed by atoms with E-state index in [2.05, 4.69) is 94.0 Å². The van der Waals surface area contributed by atoms with E-state index in [0.29, 0.717) is 0 Å². The zero-order chi connectivity index (χ0) is 18.9. The van der Waals surface area contributed by atoms with Crippen LogP contribution in [0.15, 0.2) is 79.1 Å². The summed E-state index contributed by atoms with van der Waals surface area (Å²) >= 11 is 0. The number of nitrogens with one attached hydrogen (secondary N) is 2. The highest BCUT2D eigenvalue weighted by Crippen LogP contribution is 2.36. The molecular formula is C24H20N4. The van der Waals surface area contributed by atoms with Crippen LogP contribution in [0.4, 0.5) is 0 Å². The van der Waals surface area contributed by atoms with Crippen LogP contribution in [0.5, 0.6) is 0 Å². The summed E-state index contributed by atoms with van der Waals surface area (Å²) in [5.74, 6) is 0. The van der Waals surface area contributed by atoms with Crippen molar-refractivity contribution in [2.45, 2.75) is 13.3 Å². The summed E-state index contributed by atoms with van der Waals surface area (Å²) in [5.41, 5.74) is 8.30. The van der Waals surface area contributed by atoms with Gasteiger partial charge in [0.15, 0.2) is 0 Å². The molecule has 0 fully saturated rings. The normalized spacial score (nSPS) is 12.5. The van der Waals surface area contributed by atoms with E-state index in [9.17, 15) is 0 Å². The fraction of sp³-hybridized carbons (Fsp3) is 0.0833. The van der Waals surface area contributed by atoms with Crippen LogP contribution in [0.1, 0.15) is 30.0 Å². The molecule has 0 aliphatic rings. The molecule has 2 heterocycles. The van der Waals surface area contributed by atoms with E-state index in [1.54, 1.807) is 0 Å². The number of rotatable bonds is 4. The molecule has 0 radical (unpaired) electrons. The summed E-state index contributed by atoms with van der Waals surface area (Å²) in [6.07, 6.45) is 4.66. The molecular weight excluding hydrogens is 344 g/mol. The molecule has 0 bridgehead atoms. The highest BCUT2D eigenvalue weighted by Gasteiger charge is 2.14. The molecule has 2 aromatic heterocycles. The van der Waals surface area contributed by atoms with Crippen molar-refractivity contribution in [2.75, 3.05) is 0 Å². The zero-order valence-corrected chi connectivity index (χ0v) is 15.6. The number of benzene rings is 3. The van der Waals surface area contributed by atoms with Gasteiger partial charge >= 0.3 is 0 Å². The van der Waals surface area contributed by atoms with E-state index in [0.717, 1.165) is 28.2 Å². The Bertz CT molecular complexity index is 1290. The van der Waals surface area contributed by atoms with E-state index in [1.165, 1.54) is 27.8 Å². The lowest BCUT2D eigenvalue weighted by Gasteiger charge is -2.16. The van der Waals surface area contributed by atoms with Gasteiger partial charge < -0.3 is 0 Å². The lowest BCUT2D eigenvalue weighted by molar-refractivity contribution is 1.12. The maximum absolute atomic E-state index is 4.17. The van der Waals surface area contributed by atoms with E-state index in [-0.39, 0.29) is 0 Å². The fourth-order valence-corrected chi connectivity index (χ4v) is 3.87. The Hall–Kier alpha value is -3.66. The highest BCUT2D eigenvalue weighted by atomic mass is 15.1. The molecule has 136 valence electrons. The van der Waals surface area contributed by atoms with Crippen LogP contribution in [-0.4, -0.2) is 20.4 Å². The van der Waals surface area contributed by atoms with E-state index < -0.39 is 0 Å². The van der Waals surface area contributed by atoms with Crippen LogP contribution in [0.25, 0.3) is 33.0 Å². The predicted molar refractivity (Wildman–Crippen MR) is 115 cm³/mol. The molecule has 0 aliphatic heterocycles. The van der Waals surface area contributed by atoms with Gasteiger partial charge in [-0.25, -0.2) is 0 Å². The van der Waals surface area contributed by atoms with Gasteiger partial charge in [0, 0.05) is 10.8 Å². The molecule has 5 rings (SSSR count). The van der Waals surface area contributed by atoms with Gasteiger partial charge in [-0.05, 0) is 52.5 Å². The molecule has 0 aliphatic carbocycles. The Kier molecular flexibility index (Phi) is 4.02. The standard InChI is InChI=1S/C24H20N4/c1-2-21(17-8-9-19-14-25-28-23(19)13-17)24(16-6-4-3-5-7-16)18-10-11-22-20(12-18)15-26-27-22/h3-15H,2H2,1H3,(H,25,28)(H,26,27)/b24-21+. The molecule has 0 spiro atoms. The Labute approximate surface area is 162 Å². The van der Waals surface area contributed by atoms with E-state index >= 15 is 0 Å². The smallest absolute Gasteiger partial charge is 0.0656 e. The van der Waals surface area contributed by atoms with Gasteiger partial charge in [-0.2, -0.15) is 10.2 Å². The maximum atomic E-state index is 4.17. The van der Waals surface area contributed by atoms with Gasteiger partial charge in [0.2, 0.25) is 0 Å². The highest BCUT2D eigenvalue weighted by molar-refractivity contribution is 6.01. The van der Waals surface area contributed by atoms with Gasteiger partial charge in [0.1, 0.15) is 0 Å². The molecule has 4 heteroatoms. The van der Waals surface area contributed by atoms with Crippen LogP contribution in [0, 0.1) is 0 Å². The van der Waals surface area contributed by atoms with Gasteiger partial charge in [-0.3, -0.25) is 10.2 Å². The lowest BCUT2D eigenvalue weighted by atomic mass is 9.87. The second-order valence-corrected chi connectivity index (χ2v) is 6.92. The first-order chi connectivity index (χ1) is 13.8. The molecule has 0 amide bonds. The number of fused-ring (bicyclic) bond motifs is 2. The fourth-order valence-electron chi connectivity index (χ4n) is 3.87. The van der Waals surface area contributed by atoms with Crippen LogP contribution >= 0.6 is 0 Å². The molecule has 28 heavy (non-hydrogen) atoms. The Morgan fingerprint density at radius 2 is 1.46 bits per heavy atom. The van der Waals surface area contributed by atoms with Crippen molar-refractivity contribution in [2.24, 2.45) is 0 Å². The van der Waals surface area contributed by atoms with Crippen LogP contribution < -0.4 is 0 Å². The summed E-state index contributed by atoms with van der Waals surface area (Å²) in [7, 11) is 0. The number of hydrogen-bond donors (Lipinski definition) is 2. The molecule has 3 aromatic carbocycles. The summed E-state index contributed by atoms with van der Waals surface area (Å²) in [6, 6.07) is 23.6. The van der Waals surface area contributed by atoms with Crippen molar-refractivity contribution in [1.82, 2.24) is 20.4 Å². The molecule has 0 saturated heterocycles. The number of allylic oxidation sites excluding steroid dienone is 1. The SMILES string of the molecule is CC/C(=C(/c1ccccc1)c1ccc2[nH]ncc2c1)c1ccc2cn[nH]c2c1. The van der Waals surface area contributed by atoms with Crippen molar-refractivity contribution in [3.8, 4) is 0 Å². The third-order valence-corrected chi connectivity index (χ3v) is 5.24. The molecule has 0 atom stereocenters. The van der Waals surface area contributed by atoms with Crippen LogP contribution in [0.2, 0.25) is 0 Å². The van der Waals surface area contributed by atoms with E-state index in [4.69, 9.17) is 0 Å². The second-order valence-electron chi connectivity index (χ2n) is 6.92. The topological polar surface area (TPSA) is 57.4 Å². The van der Waals surface area contributed by atoms with Crippen molar-refractivity contribution >= 4 is 33.0 Å². The predicted octanol–water partition coefficient (Wildman–Crippen LogP) is 5.81. The maximum Gasteiger partial charge on any atom is 0.0656 e. The molecule has 4 nitrogen and oxygen atoms in total. The largest absolute Gasteiger partial charge is 0.278 e. The third kappa shape index (κ3) is 2.79. The van der Waals surface area contributed by atoms with Gasteiger partial charge in [-0.15, -0.1) is 0 Å². The Morgan fingerprint density at radius 1 is 0.714 bits per heavy atom. The number of aromatic nitrogens is 4. The first-order valence-corrected chi connectivity index (χ1v) is 9.49. The number of H-pyrrole nitrogens is 2. The van der Waals surface area contributed by atoms with Crippen molar-refractivity contribution in [3.05, 3.63) is 95.8 Å². The van der Waals surface area contributed by atoms with Gasteiger partial charge in [-0.1, -0.05) is 55.5 Å². The van der Waals surface area contributed by atoms with Crippen molar-refractivity contribution in [1.29, 1.82) is 0 Å². The average molecular weight is 364 g/mol. The van der Waals surface area contributed by atoms with E-state index in [1.807, 2.05) is 12.4 Å². The first kappa shape index (κ1) is 16.5. The number of hydrogen-bond acceptors (Lipinski definition) is 2. The molecule has 5 aromatic rings. The molecule has 0 saturated carbocycles. The zero-order valence-electron chi connectivity index (χ0n) is 15.6. The van der Waals surface area contributed by atoms with Crippen molar-refractivity contribution < 1.29 is 0 Å². The molecule has 0 unspecified atom stereocenters. The monoisotopic (exact) mass is 364 g/mol. The van der Waals surface area contributed by atoms with Gasteiger partial charge in [0.05, 0.1) is 23.4 Å². The minimum Gasteiger partial charge on any atom is -0.278 e. The average Bonchev–Trinajstić information content (AvgIpc) is 3.40. The lowest BCUT2D eigenvalue weighted by Crippen LogP contribution is -1.95. The second kappa shape index (κ2) is 6.82. The Balaban J connectivity index is 1.79. The van der Waals surface area contributed by atoms with Crippen LogP contribution in [-0.2, 0) is 0 Å². The quantitative estimate of drug-likeness (QED) is 0.395. The number of aromatic amines is 2. The molecule has 2 N–H and O–H groups in total. The number of nitrogens with zero attached hydrogens (tertiary/aromatic N) is 2. The third-order valence-electron chi connectivity index (χ3n) is 5.24. The minimum absolute atomic E-state index is 0.924. The first-order valence-electron chi connectivity index (χ1n) is 9.49. The Morgan fingerprint density at radius 3 is 2.29 bits per heavy atom. The summed E-state index contributed by atoms with van der Waals surface area (Å²) in [6.45, 7) is 2.21. The summed E-state index contributed by atoms with van der Waals surface area (Å²) in [4.78, 5) is 0. The minimum atomic E-state index is 0.924. The summed E-state index contributed by atoms with van der Waals surface area (Å²) in [5, 5.41) is 16.7.